The molecule has 1 aromatic heterocycles. The van der Waals surface area contributed by atoms with Gasteiger partial charge in [0.15, 0.2) is 5.13 Å². The molecule has 1 amide bonds. The van der Waals surface area contributed by atoms with E-state index in [2.05, 4.69) is 20.4 Å². The van der Waals surface area contributed by atoms with Crippen molar-refractivity contribution in [1.29, 1.82) is 0 Å². The molecule has 2 heterocycles. The predicted octanol–water partition coefficient (Wildman–Crippen LogP) is 3.83. The highest BCUT2D eigenvalue weighted by molar-refractivity contribution is 7.16. The molecule has 1 aliphatic heterocycles. The molecule has 1 saturated heterocycles. The number of halogens is 3. The van der Waals surface area contributed by atoms with E-state index in [1.165, 1.54) is 23.5 Å². The molecule has 25 heavy (non-hydrogen) atoms. The van der Waals surface area contributed by atoms with Gasteiger partial charge in [0.1, 0.15) is 5.75 Å². The first-order valence-corrected chi connectivity index (χ1v) is 8.41. The van der Waals surface area contributed by atoms with Crippen LogP contribution < -0.4 is 15.4 Å². The van der Waals surface area contributed by atoms with Gasteiger partial charge in [-0.2, -0.15) is 8.78 Å². The molecule has 9 heteroatoms. The summed E-state index contributed by atoms with van der Waals surface area (Å²) >= 11 is 1.39. The number of aryl methyl sites for hydroxylation is 1. The van der Waals surface area contributed by atoms with Gasteiger partial charge in [0, 0.05) is 10.4 Å². The van der Waals surface area contributed by atoms with Crippen LogP contribution in [-0.2, 0) is 4.79 Å². The van der Waals surface area contributed by atoms with Crippen LogP contribution in [0.5, 0.6) is 5.75 Å². The molecule has 2 aromatic rings. The third-order valence-corrected chi connectivity index (χ3v) is 4.64. The lowest BCUT2D eigenvalue weighted by molar-refractivity contribution is -0.117. The van der Waals surface area contributed by atoms with Gasteiger partial charge in [0.25, 0.3) is 0 Å². The standard InChI is InChI=1S/C16H17F2N3O2S.ClH/c1-9-13(10-4-6-11(7-5-10)23-15(17)18)20-16(24-9)21-14(22)12-3-2-8-19-12;/h4-7,12,15,19H,2-3,8H2,1H3,(H,20,21,22);1H. The Morgan fingerprint density at radius 2 is 2.12 bits per heavy atom. The Bertz CT molecular complexity index is 719. The minimum atomic E-state index is -2.84. The van der Waals surface area contributed by atoms with Crippen molar-refractivity contribution in [2.75, 3.05) is 11.9 Å². The Morgan fingerprint density at radius 3 is 2.72 bits per heavy atom. The van der Waals surface area contributed by atoms with Gasteiger partial charge in [-0.05, 0) is 50.6 Å². The third-order valence-electron chi connectivity index (χ3n) is 3.76. The molecule has 1 aliphatic rings. The zero-order chi connectivity index (χ0) is 17.1. The van der Waals surface area contributed by atoms with Gasteiger partial charge in [-0.1, -0.05) is 0 Å². The Hall–Kier alpha value is -1.77. The minimum Gasteiger partial charge on any atom is -0.435 e. The highest BCUT2D eigenvalue weighted by Crippen LogP contribution is 2.31. The van der Waals surface area contributed by atoms with Crippen LogP contribution in [0.4, 0.5) is 13.9 Å². The van der Waals surface area contributed by atoms with E-state index >= 15 is 0 Å². The van der Waals surface area contributed by atoms with Gasteiger partial charge in [-0.3, -0.25) is 4.79 Å². The predicted molar refractivity (Wildman–Crippen MR) is 95.8 cm³/mol. The van der Waals surface area contributed by atoms with Crippen molar-refractivity contribution in [1.82, 2.24) is 10.3 Å². The van der Waals surface area contributed by atoms with E-state index in [0.717, 1.165) is 35.5 Å². The Labute approximate surface area is 154 Å². The van der Waals surface area contributed by atoms with Crippen molar-refractivity contribution in [2.24, 2.45) is 0 Å². The van der Waals surface area contributed by atoms with Gasteiger partial charge in [-0.25, -0.2) is 4.98 Å². The van der Waals surface area contributed by atoms with E-state index in [4.69, 9.17) is 0 Å². The van der Waals surface area contributed by atoms with E-state index in [0.29, 0.717) is 5.13 Å². The zero-order valence-electron chi connectivity index (χ0n) is 13.4. The molecular weight excluding hydrogens is 372 g/mol. The molecular formula is C16H18ClF2N3O2S. The molecule has 0 spiro atoms. The first-order chi connectivity index (χ1) is 11.5. The van der Waals surface area contributed by atoms with E-state index < -0.39 is 6.61 Å². The van der Waals surface area contributed by atoms with Crippen molar-refractivity contribution >= 4 is 34.8 Å². The van der Waals surface area contributed by atoms with Crippen LogP contribution in [-0.4, -0.2) is 30.1 Å². The SMILES string of the molecule is Cc1sc(NC(=O)C2CCCN2)nc1-c1ccc(OC(F)F)cc1.Cl. The number of hydrogen-bond donors (Lipinski definition) is 2. The summed E-state index contributed by atoms with van der Waals surface area (Å²) in [5, 5.41) is 6.51. The number of benzene rings is 1. The molecule has 0 bridgehead atoms. The number of anilines is 1. The first-order valence-electron chi connectivity index (χ1n) is 7.60. The molecule has 1 aromatic carbocycles. The number of carbonyl (C=O) groups is 1. The number of aromatic nitrogens is 1. The number of rotatable bonds is 5. The Kier molecular flexibility index (Phi) is 6.69. The number of hydrogen-bond acceptors (Lipinski definition) is 5. The molecule has 1 fully saturated rings. The number of amides is 1. The van der Waals surface area contributed by atoms with Crippen molar-refractivity contribution in [2.45, 2.75) is 32.4 Å². The molecule has 0 radical (unpaired) electrons. The van der Waals surface area contributed by atoms with Crippen LogP contribution in [0.3, 0.4) is 0 Å². The van der Waals surface area contributed by atoms with Crippen molar-refractivity contribution < 1.29 is 18.3 Å². The van der Waals surface area contributed by atoms with Gasteiger partial charge >= 0.3 is 6.61 Å². The number of nitrogens with zero attached hydrogens (tertiary/aromatic N) is 1. The molecule has 136 valence electrons. The largest absolute Gasteiger partial charge is 0.435 e. The second kappa shape index (κ2) is 8.55. The topological polar surface area (TPSA) is 63.2 Å². The van der Waals surface area contributed by atoms with Crippen LogP contribution in [0.25, 0.3) is 11.3 Å². The molecule has 2 N–H and O–H groups in total. The lowest BCUT2D eigenvalue weighted by Gasteiger charge is -2.08. The van der Waals surface area contributed by atoms with Crippen LogP contribution in [0, 0.1) is 6.92 Å². The highest BCUT2D eigenvalue weighted by atomic mass is 35.5. The van der Waals surface area contributed by atoms with Crippen LogP contribution in [0.2, 0.25) is 0 Å². The van der Waals surface area contributed by atoms with Gasteiger partial charge in [0.05, 0.1) is 11.7 Å². The summed E-state index contributed by atoms with van der Waals surface area (Å²) in [6.07, 6.45) is 1.82. The van der Waals surface area contributed by atoms with Crippen molar-refractivity contribution in [3.63, 3.8) is 0 Å². The Balaban J connectivity index is 0.00000225. The maximum atomic E-state index is 12.2. The van der Waals surface area contributed by atoms with Crippen LogP contribution >= 0.6 is 23.7 Å². The van der Waals surface area contributed by atoms with E-state index in [9.17, 15) is 13.6 Å². The van der Waals surface area contributed by atoms with E-state index in [-0.39, 0.29) is 30.1 Å². The van der Waals surface area contributed by atoms with Crippen molar-refractivity contribution in [3.8, 4) is 17.0 Å². The monoisotopic (exact) mass is 389 g/mol. The number of carbonyl (C=O) groups excluding carboxylic acids is 1. The molecule has 0 aliphatic carbocycles. The first kappa shape index (κ1) is 19.6. The highest BCUT2D eigenvalue weighted by Gasteiger charge is 2.23. The minimum absolute atomic E-state index is 0. The second-order valence-corrected chi connectivity index (χ2v) is 6.67. The van der Waals surface area contributed by atoms with E-state index in [1.54, 1.807) is 12.1 Å². The number of nitrogens with one attached hydrogen (secondary N) is 2. The molecule has 1 unspecified atom stereocenters. The molecule has 1 atom stereocenters. The summed E-state index contributed by atoms with van der Waals surface area (Å²) in [6.45, 7) is -0.0873. The fourth-order valence-electron chi connectivity index (χ4n) is 2.61. The average molecular weight is 390 g/mol. The quantitative estimate of drug-likeness (QED) is 0.815. The maximum Gasteiger partial charge on any atom is 0.387 e. The van der Waals surface area contributed by atoms with Gasteiger partial charge in [0.2, 0.25) is 5.91 Å². The third kappa shape index (κ3) is 4.87. The fourth-order valence-corrected chi connectivity index (χ4v) is 3.45. The second-order valence-electron chi connectivity index (χ2n) is 5.46. The Morgan fingerprint density at radius 1 is 1.40 bits per heavy atom. The molecule has 3 rings (SSSR count). The van der Waals surface area contributed by atoms with Crippen LogP contribution in [0.1, 0.15) is 17.7 Å². The summed E-state index contributed by atoms with van der Waals surface area (Å²) in [7, 11) is 0. The smallest absolute Gasteiger partial charge is 0.387 e. The lowest BCUT2D eigenvalue weighted by Crippen LogP contribution is -2.35. The average Bonchev–Trinajstić information content (AvgIpc) is 3.17. The molecule has 5 nitrogen and oxygen atoms in total. The molecule has 0 saturated carbocycles. The maximum absolute atomic E-state index is 12.2. The normalized spacial score (nSPS) is 16.6. The van der Waals surface area contributed by atoms with Gasteiger partial charge < -0.3 is 15.4 Å². The van der Waals surface area contributed by atoms with Gasteiger partial charge in [-0.15, -0.1) is 23.7 Å². The zero-order valence-corrected chi connectivity index (χ0v) is 15.1. The summed E-state index contributed by atoms with van der Waals surface area (Å²) in [6, 6.07) is 6.12. The number of alkyl halides is 2. The van der Waals surface area contributed by atoms with Crippen molar-refractivity contribution in [3.05, 3.63) is 29.1 Å². The van der Waals surface area contributed by atoms with Crippen LogP contribution in [0.15, 0.2) is 24.3 Å². The number of thiazole rings is 1. The lowest BCUT2D eigenvalue weighted by atomic mass is 10.1. The van der Waals surface area contributed by atoms with E-state index in [1.807, 2.05) is 6.92 Å². The summed E-state index contributed by atoms with van der Waals surface area (Å²) in [4.78, 5) is 17.5. The summed E-state index contributed by atoms with van der Waals surface area (Å²) in [5.74, 6) is 0.0240. The summed E-state index contributed by atoms with van der Waals surface area (Å²) < 4.78 is 28.7. The fraction of sp³-hybridized carbons (Fsp3) is 0.375. The summed E-state index contributed by atoms with van der Waals surface area (Å²) in [5.41, 5.74) is 1.50. The number of ether oxygens (including phenoxy) is 1.